The molecule has 6 heteroatoms. The van der Waals surface area contributed by atoms with Crippen molar-refractivity contribution in [3.8, 4) is 0 Å². The molecule has 88 valence electrons. The predicted molar refractivity (Wildman–Crippen MR) is 63.6 cm³/mol. The fraction of sp³-hybridized carbons (Fsp3) is 0.600. The van der Waals surface area contributed by atoms with Crippen LogP contribution in [-0.4, -0.2) is 34.3 Å². The van der Waals surface area contributed by atoms with Gasteiger partial charge in [0, 0.05) is 13.1 Å². The van der Waals surface area contributed by atoms with Gasteiger partial charge in [-0.15, -0.1) is 0 Å². The van der Waals surface area contributed by atoms with Gasteiger partial charge in [0.05, 0.1) is 17.5 Å². The van der Waals surface area contributed by atoms with Gasteiger partial charge in [-0.05, 0) is 31.4 Å². The van der Waals surface area contributed by atoms with Gasteiger partial charge in [0.15, 0.2) is 5.82 Å². The number of anilines is 2. The standard InChI is InChI=1S/C10H15ClN4O/c1-6-8(12)9(14-10(11)13-6)15-4-2-7(16)3-5-15/h7,16H,2-5,12H2,1H3. The van der Waals surface area contributed by atoms with Crippen molar-refractivity contribution in [1.82, 2.24) is 9.97 Å². The van der Waals surface area contributed by atoms with E-state index in [1.165, 1.54) is 0 Å². The zero-order chi connectivity index (χ0) is 11.7. The molecule has 0 amide bonds. The molecule has 0 radical (unpaired) electrons. The van der Waals surface area contributed by atoms with E-state index in [4.69, 9.17) is 17.3 Å². The maximum atomic E-state index is 9.44. The molecule has 0 saturated carbocycles. The Morgan fingerprint density at radius 1 is 1.38 bits per heavy atom. The molecule has 16 heavy (non-hydrogen) atoms. The van der Waals surface area contributed by atoms with Gasteiger partial charge in [0.25, 0.3) is 0 Å². The molecule has 3 N–H and O–H groups in total. The first-order valence-corrected chi connectivity index (χ1v) is 5.68. The molecule has 2 heterocycles. The molecule has 1 aromatic heterocycles. The van der Waals surface area contributed by atoms with Crippen LogP contribution < -0.4 is 10.6 Å². The van der Waals surface area contributed by atoms with Crippen molar-refractivity contribution in [3.05, 3.63) is 11.0 Å². The summed E-state index contributed by atoms with van der Waals surface area (Å²) in [6, 6.07) is 0. The molecule has 1 saturated heterocycles. The van der Waals surface area contributed by atoms with Crippen LogP contribution in [-0.2, 0) is 0 Å². The molecule has 5 nitrogen and oxygen atoms in total. The maximum absolute atomic E-state index is 9.44. The second-order valence-electron chi connectivity index (χ2n) is 4.03. The molecule has 1 aliphatic rings. The van der Waals surface area contributed by atoms with Crippen LogP contribution in [0.15, 0.2) is 0 Å². The van der Waals surface area contributed by atoms with Gasteiger partial charge < -0.3 is 15.7 Å². The highest BCUT2D eigenvalue weighted by molar-refractivity contribution is 6.28. The Morgan fingerprint density at radius 2 is 2.00 bits per heavy atom. The van der Waals surface area contributed by atoms with E-state index in [2.05, 4.69) is 9.97 Å². The Morgan fingerprint density at radius 3 is 2.62 bits per heavy atom. The molecule has 2 rings (SSSR count). The number of nitrogen functional groups attached to an aromatic ring is 1. The molecule has 1 fully saturated rings. The quantitative estimate of drug-likeness (QED) is 0.718. The van der Waals surface area contributed by atoms with Gasteiger partial charge in [-0.1, -0.05) is 0 Å². The van der Waals surface area contributed by atoms with Gasteiger partial charge in [0.1, 0.15) is 0 Å². The van der Waals surface area contributed by atoms with Crippen LogP contribution in [0.4, 0.5) is 11.5 Å². The molecule has 1 aliphatic heterocycles. The molecular formula is C10H15ClN4O. The van der Waals surface area contributed by atoms with Crippen LogP contribution in [0.1, 0.15) is 18.5 Å². The molecule has 0 aromatic carbocycles. The Kier molecular flexibility index (Phi) is 3.16. The highest BCUT2D eigenvalue weighted by Crippen LogP contribution is 2.27. The summed E-state index contributed by atoms with van der Waals surface area (Å²) in [5.74, 6) is 0.685. The van der Waals surface area contributed by atoms with E-state index >= 15 is 0 Å². The minimum absolute atomic E-state index is 0.212. The minimum Gasteiger partial charge on any atom is -0.394 e. The van der Waals surface area contributed by atoms with Crippen molar-refractivity contribution in [2.24, 2.45) is 0 Å². The zero-order valence-electron chi connectivity index (χ0n) is 9.15. The smallest absolute Gasteiger partial charge is 0.224 e. The Bertz CT molecular complexity index is 391. The van der Waals surface area contributed by atoms with Crippen molar-refractivity contribution in [3.63, 3.8) is 0 Å². The largest absolute Gasteiger partial charge is 0.394 e. The van der Waals surface area contributed by atoms with Crippen molar-refractivity contribution < 1.29 is 5.11 Å². The average molecular weight is 243 g/mol. The van der Waals surface area contributed by atoms with Gasteiger partial charge in [-0.3, -0.25) is 0 Å². The van der Waals surface area contributed by atoms with Crippen LogP contribution in [0.5, 0.6) is 0 Å². The van der Waals surface area contributed by atoms with Gasteiger partial charge >= 0.3 is 0 Å². The number of aromatic nitrogens is 2. The number of aliphatic hydroxyl groups excluding tert-OH is 1. The first-order chi connectivity index (χ1) is 7.58. The highest BCUT2D eigenvalue weighted by atomic mass is 35.5. The normalized spacial score (nSPS) is 17.8. The fourth-order valence-corrected chi connectivity index (χ4v) is 2.06. The lowest BCUT2D eigenvalue weighted by molar-refractivity contribution is 0.145. The van der Waals surface area contributed by atoms with E-state index in [9.17, 15) is 5.11 Å². The van der Waals surface area contributed by atoms with Gasteiger partial charge in [-0.25, -0.2) is 4.98 Å². The third kappa shape index (κ3) is 2.20. The second kappa shape index (κ2) is 4.43. The average Bonchev–Trinajstić information content (AvgIpc) is 2.25. The maximum Gasteiger partial charge on any atom is 0.224 e. The zero-order valence-corrected chi connectivity index (χ0v) is 9.91. The van der Waals surface area contributed by atoms with E-state index in [0.717, 1.165) is 25.9 Å². The number of hydrogen-bond acceptors (Lipinski definition) is 5. The van der Waals surface area contributed by atoms with Crippen LogP contribution in [0, 0.1) is 6.92 Å². The number of halogens is 1. The molecule has 0 bridgehead atoms. The van der Waals surface area contributed by atoms with E-state index in [1.807, 2.05) is 11.8 Å². The summed E-state index contributed by atoms with van der Waals surface area (Å²) in [5.41, 5.74) is 7.19. The predicted octanol–water partition coefficient (Wildman–Crippen LogP) is 0.982. The minimum atomic E-state index is -0.212. The van der Waals surface area contributed by atoms with Crippen LogP contribution in [0.2, 0.25) is 5.28 Å². The van der Waals surface area contributed by atoms with E-state index in [1.54, 1.807) is 0 Å². The molecule has 1 aromatic rings. The Balaban J connectivity index is 2.26. The number of aryl methyl sites for hydroxylation is 1. The number of nitrogens with two attached hydrogens (primary N) is 1. The molecule has 0 unspecified atom stereocenters. The SMILES string of the molecule is Cc1nc(Cl)nc(N2CCC(O)CC2)c1N. The van der Waals surface area contributed by atoms with E-state index in [-0.39, 0.29) is 11.4 Å². The summed E-state index contributed by atoms with van der Waals surface area (Å²) in [7, 11) is 0. The fourth-order valence-electron chi connectivity index (χ4n) is 1.85. The third-order valence-corrected chi connectivity index (χ3v) is 3.02. The molecular weight excluding hydrogens is 228 g/mol. The summed E-state index contributed by atoms with van der Waals surface area (Å²) < 4.78 is 0. The molecule has 0 spiro atoms. The number of rotatable bonds is 1. The summed E-state index contributed by atoms with van der Waals surface area (Å²) in [4.78, 5) is 10.2. The lowest BCUT2D eigenvalue weighted by Gasteiger charge is -2.31. The highest BCUT2D eigenvalue weighted by Gasteiger charge is 2.21. The van der Waals surface area contributed by atoms with Crippen LogP contribution in [0.25, 0.3) is 0 Å². The lowest BCUT2D eigenvalue weighted by atomic mass is 10.1. The molecule has 0 atom stereocenters. The Labute approximate surface area is 99.3 Å². The number of nitrogens with zero attached hydrogens (tertiary/aromatic N) is 3. The first kappa shape index (κ1) is 11.4. The number of aliphatic hydroxyl groups is 1. The molecule has 0 aliphatic carbocycles. The van der Waals surface area contributed by atoms with Crippen molar-refractivity contribution >= 4 is 23.1 Å². The second-order valence-corrected chi connectivity index (χ2v) is 4.37. The first-order valence-electron chi connectivity index (χ1n) is 5.30. The number of hydrogen-bond donors (Lipinski definition) is 2. The monoisotopic (exact) mass is 242 g/mol. The van der Waals surface area contributed by atoms with Crippen LogP contribution >= 0.6 is 11.6 Å². The topological polar surface area (TPSA) is 75.3 Å². The summed E-state index contributed by atoms with van der Waals surface area (Å²) >= 11 is 5.82. The van der Waals surface area contributed by atoms with Gasteiger partial charge in [-0.2, -0.15) is 4.98 Å². The summed E-state index contributed by atoms with van der Waals surface area (Å²) in [5, 5.41) is 9.65. The van der Waals surface area contributed by atoms with Gasteiger partial charge in [0.2, 0.25) is 5.28 Å². The van der Waals surface area contributed by atoms with E-state index in [0.29, 0.717) is 17.2 Å². The summed E-state index contributed by atoms with van der Waals surface area (Å²) in [6.45, 7) is 3.31. The third-order valence-electron chi connectivity index (χ3n) is 2.85. The van der Waals surface area contributed by atoms with Crippen molar-refractivity contribution in [1.29, 1.82) is 0 Å². The lowest BCUT2D eigenvalue weighted by Crippen LogP contribution is -2.37. The summed E-state index contributed by atoms with van der Waals surface area (Å²) in [6.07, 6.45) is 1.26. The Hall–Kier alpha value is -1.07. The van der Waals surface area contributed by atoms with E-state index < -0.39 is 0 Å². The van der Waals surface area contributed by atoms with Crippen LogP contribution in [0.3, 0.4) is 0 Å². The number of piperidine rings is 1. The van der Waals surface area contributed by atoms with Crippen molar-refractivity contribution in [2.45, 2.75) is 25.9 Å². The van der Waals surface area contributed by atoms with Crippen molar-refractivity contribution in [2.75, 3.05) is 23.7 Å².